The minimum atomic E-state index is 0.859. The highest BCUT2D eigenvalue weighted by Crippen LogP contribution is 1.96. The topological polar surface area (TPSA) is 52.7 Å². The molecule has 0 bridgehead atoms. The van der Waals surface area contributed by atoms with Crippen LogP contribution in [0.15, 0.2) is 6.07 Å². The molecule has 0 amide bonds. The molecule has 1 heterocycles. The number of hydrogen-bond acceptors (Lipinski definition) is 3. The van der Waals surface area contributed by atoms with Crippen LogP contribution in [-0.4, -0.2) is 29.8 Å². The summed E-state index contributed by atoms with van der Waals surface area (Å²) in [6.45, 7) is 8.33. The highest BCUT2D eigenvalue weighted by atomic mass is 15.1. The van der Waals surface area contributed by atoms with E-state index >= 15 is 0 Å². The number of hydrogen-bond donors (Lipinski definition) is 3. The zero-order chi connectivity index (χ0) is 10.9. The standard InChI is InChI=1S/C11H22N4/c1-3-5-12-6-4-7-13-9-11-8-10(2)14-15-11/h8,12-13H,3-7,9H2,1-2H3,(H,14,15). The number of aromatic amines is 1. The summed E-state index contributed by atoms with van der Waals surface area (Å²) in [6.07, 6.45) is 2.38. The van der Waals surface area contributed by atoms with Crippen LogP contribution in [0, 0.1) is 6.92 Å². The Labute approximate surface area is 91.8 Å². The van der Waals surface area contributed by atoms with Gasteiger partial charge in [0.1, 0.15) is 0 Å². The molecule has 0 spiro atoms. The molecule has 1 rings (SSSR count). The van der Waals surface area contributed by atoms with Crippen LogP contribution in [0.3, 0.4) is 0 Å². The molecule has 0 atom stereocenters. The lowest BCUT2D eigenvalue weighted by molar-refractivity contribution is 0.588. The van der Waals surface area contributed by atoms with Crippen molar-refractivity contribution in [2.75, 3.05) is 19.6 Å². The molecule has 1 aromatic rings. The summed E-state index contributed by atoms with van der Waals surface area (Å²) in [5, 5.41) is 13.8. The van der Waals surface area contributed by atoms with Gasteiger partial charge >= 0.3 is 0 Å². The fourth-order valence-corrected chi connectivity index (χ4v) is 1.42. The van der Waals surface area contributed by atoms with E-state index in [1.807, 2.05) is 6.92 Å². The summed E-state index contributed by atoms with van der Waals surface area (Å²) in [4.78, 5) is 0. The molecule has 0 aliphatic heterocycles. The molecule has 0 aromatic carbocycles. The van der Waals surface area contributed by atoms with E-state index in [9.17, 15) is 0 Å². The van der Waals surface area contributed by atoms with Crippen molar-refractivity contribution in [1.29, 1.82) is 0 Å². The zero-order valence-electron chi connectivity index (χ0n) is 9.77. The zero-order valence-corrected chi connectivity index (χ0v) is 9.77. The Morgan fingerprint density at radius 2 is 2.07 bits per heavy atom. The van der Waals surface area contributed by atoms with Gasteiger partial charge in [-0.15, -0.1) is 0 Å². The highest BCUT2D eigenvalue weighted by Gasteiger charge is 1.96. The first kappa shape index (κ1) is 12.2. The molecule has 0 aliphatic carbocycles. The predicted octanol–water partition coefficient (Wildman–Crippen LogP) is 1.20. The molecule has 0 fully saturated rings. The second kappa shape index (κ2) is 7.43. The number of nitrogens with zero attached hydrogens (tertiary/aromatic N) is 1. The Kier molecular flexibility index (Phi) is 6.04. The van der Waals surface area contributed by atoms with Crippen molar-refractivity contribution in [2.24, 2.45) is 0 Å². The Balaban J connectivity index is 1.93. The minimum Gasteiger partial charge on any atom is -0.317 e. The van der Waals surface area contributed by atoms with Gasteiger partial charge in [-0.1, -0.05) is 6.92 Å². The molecule has 15 heavy (non-hydrogen) atoms. The van der Waals surface area contributed by atoms with E-state index < -0.39 is 0 Å². The third-order valence-electron chi connectivity index (χ3n) is 2.20. The van der Waals surface area contributed by atoms with Gasteiger partial charge in [-0.05, 0) is 45.5 Å². The van der Waals surface area contributed by atoms with Crippen LogP contribution >= 0.6 is 0 Å². The van der Waals surface area contributed by atoms with Crippen molar-refractivity contribution >= 4 is 0 Å². The average molecular weight is 210 g/mol. The van der Waals surface area contributed by atoms with Crippen molar-refractivity contribution in [3.8, 4) is 0 Å². The number of nitrogens with one attached hydrogen (secondary N) is 3. The summed E-state index contributed by atoms with van der Waals surface area (Å²) in [6, 6.07) is 2.07. The van der Waals surface area contributed by atoms with Gasteiger partial charge in [-0.25, -0.2) is 0 Å². The maximum atomic E-state index is 4.16. The number of aromatic nitrogens is 2. The van der Waals surface area contributed by atoms with Crippen molar-refractivity contribution in [1.82, 2.24) is 20.8 Å². The van der Waals surface area contributed by atoms with Gasteiger partial charge < -0.3 is 10.6 Å². The monoisotopic (exact) mass is 210 g/mol. The maximum Gasteiger partial charge on any atom is 0.0762 e. The summed E-state index contributed by atoms with van der Waals surface area (Å²) in [5.74, 6) is 0. The first-order valence-corrected chi connectivity index (χ1v) is 5.75. The van der Waals surface area contributed by atoms with E-state index in [2.05, 4.69) is 33.8 Å². The third kappa shape index (κ3) is 5.54. The molecule has 4 heteroatoms. The van der Waals surface area contributed by atoms with Crippen molar-refractivity contribution < 1.29 is 0 Å². The van der Waals surface area contributed by atoms with Gasteiger partial charge in [0.15, 0.2) is 0 Å². The van der Waals surface area contributed by atoms with Crippen LogP contribution in [0.25, 0.3) is 0 Å². The summed E-state index contributed by atoms with van der Waals surface area (Å²) in [7, 11) is 0. The number of H-pyrrole nitrogens is 1. The van der Waals surface area contributed by atoms with Crippen molar-refractivity contribution in [3.63, 3.8) is 0 Å². The van der Waals surface area contributed by atoms with Crippen LogP contribution in [0.1, 0.15) is 31.2 Å². The Morgan fingerprint density at radius 1 is 1.27 bits per heavy atom. The lowest BCUT2D eigenvalue weighted by Crippen LogP contribution is -2.22. The van der Waals surface area contributed by atoms with Gasteiger partial charge in [0.25, 0.3) is 0 Å². The fraction of sp³-hybridized carbons (Fsp3) is 0.727. The minimum absolute atomic E-state index is 0.859. The second-order valence-corrected chi connectivity index (χ2v) is 3.82. The molecule has 3 N–H and O–H groups in total. The molecule has 0 saturated heterocycles. The Bertz CT molecular complexity index is 257. The summed E-state index contributed by atoms with van der Waals surface area (Å²) < 4.78 is 0. The molecule has 0 saturated carbocycles. The lowest BCUT2D eigenvalue weighted by atomic mass is 10.3. The maximum absolute atomic E-state index is 4.16. The molecule has 0 unspecified atom stereocenters. The number of rotatable bonds is 8. The summed E-state index contributed by atoms with van der Waals surface area (Å²) >= 11 is 0. The predicted molar refractivity (Wildman–Crippen MR) is 62.8 cm³/mol. The molecule has 4 nitrogen and oxygen atoms in total. The van der Waals surface area contributed by atoms with Crippen molar-refractivity contribution in [2.45, 2.75) is 33.2 Å². The molecule has 1 aromatic heterocycles. The van der Waals surface area contributed by atoms with E-state index in [0.29, 0.717) is 0 Å². The lowest BCUT2D eigenvalue weighted by Gasteiger charge is -2.03. The van der Waals surface area contributed by atoms with Gasteiger partial charge in [0.05, 0.1) is 5.69 Å². The van der Waals surface area contributed by atoms with Crippen LogP contribution in [-0.2, 0) is 6.54 Å². The molecular weight excluding hydrogens is 188 g/mol. The van der Waals surface area contributed by atoms with E-state index in [-0.39, 0.29) is 0 Å². The second-order valence-electron chi connectivity index (χ2n) is 3.82. The SMILES string of the molecule is CCCNCCCNCc1cc(C)[nH]n1. The van der Waals surface area contributed by atoms with E-state index in [1.54, 1.807) is 0 Å². The highest BCUT2D eigenvalue weighted by molar-refractivity contribution is 5.05. The van der Waals surface area contributed by atoms with Crippen LogP contribution < -0.4 is 10.6 Å². The van der Waals surface area contributed by atoms with Gasteiger partial charge in [0.2, 0.25) is 0 Å². The Morgan fingerprint density at radius 3 is 2.73 bits per heavy atom. The summed E-state index contributed by atoms with van der Waals surface area (Å²) in [5.41, 5.74) is 2.21. The van der Waals surface area contributed by atoms with Gasteiger partial charge in [-0.3, -0.25) is 5.10 Å². The van der Waals surface area contributed by atoms with Gasteiger partial charge in [0, 0.05) is 12.2 Å². The van der Waals surface area contributed by atoms with Crippen molar-refractivity contribution in [3.05, 3.63) is 17.5 Å². The van der Waals surface area contributed by atoms with Gasteiger partial charge in [-0.2, -0.15) is 5.10 Å². The quantitative estimate of drug-likeness (QED) is 0.565. The van der Waals surface area contributed by atoms with E-state index in [0.717, 1.165) is 37.6 Å². The molecular formula is C11H22N4. The molecule has 86 valence electrons. The molecule has 0 radical (unpaired) electrons. The first-order chi connectivity index (χ1) is 7.33. The van der Waals surface area contributed by atoms with E-state index in [1.165, 1.54) is 12.8 Å². The van der Waals surface area contributed by atoms with Crippen LogP contribution in [0.2, 0.25) is 0 Å². The molecule has 0 aliphatic rings. The fourth-order valence-electron chi connectivity index (χ4n) is 1.42. The van der Waals surface area contributed by atoms with Crippen LogP contribution in [0.5, 0.6) is 0 Å². The van der Waals surface area contributed by atoms with E-state index in [4.69, 9.17) is 0 Å². The average Bonchev–Trinajstić information content (AvgIpc) is 2.63. The Hall–Kier alpha value is -0.870. The number of aryl methyl sites for hydroxylation is 1. The third-order valence-corrected chi connectivity index (χ3v) is 2.20. The first-order valence-electron chi connectivity index (χ1n) is 5.75. The largest absolute Gasteiger partial charge is 0.317 e. The normalized spacial score (nSPS) is 10.8. The van der Waals surface area contributed by atoms with Crippen LogP contribution in [0.4, 0.5) is 0 Å². The smallest absolute Gasteiger partial charge is 0.0762 e.